The van der Waals surface area contributed by atoms with Crippen molar-refractivity contribution in [2.45, 2.75) is 32.1 Å². The Morgan fingerprint density at radius 3 is 0.826 bits per heavy atom. The monoisotopic (exact) mass is 304 g/mol. The van der Waals surface area contributed by atoms with Gasteiger partial charge in [-0.3, -0.25) is 0 Å². The van der Waals surface area contributed by atoms with E-state index in [1.165, 1.54) is 32.1 Å². The molecule has 0 aromatic heterocycles. The first kappa shape index (κ1) is 18.7. The summed E-state index contributed by atoms with van der Waals surface area (Å²) >= 11 is 0. The Morgan fingerprint density at radius 1 is 0.261 bits per heavy atom. The van der Waals surface area contributed by atoms with Gasteiger partial charge in [0.05, 0.1) is 0 Å². The van der Waals surface area contributed by atoms with Gasteiger partial charge < -0.3 is 0 Å². The predicted octanol–water partition coefficient (Wildman–Crippen LogP) is 6.96. The second kappa shape index (κ2) is 16.0. The highest BCUT2D eigenvalue weighted by atomic mass is 13.9. The molecular formula is C23H28. The first-order chi connectivity index (χ1) is 11.5. The minimum absolute atomic E-state index is 1.17. The zero-order valence-electron chi connectivity index (χ0n) is 13.9. The third-order valence-electron chi connectivity index (χ3n) is 3.18. The van der Waals surface area contributed by atoms with Gasteiger partial charge in [0, 0.05) is 0 Å². The highest BCUT2D eigenvalue weighted by molar-refractivity contribution is 5.21. The standard InChI is InChI=1S/C23H28/c1-2-4-6-8-10-12-14-16-18-20-22-23-21-19-17-15-13-11-9-7-5-3-1/h1-18H,19-23H2/b2-1-,5-3-,6-4-,9-7-,10-8-,13-11-,14-12-,17-15-,18-16?. The van der Waals surface area contributed by atoms with Crippen molar-refractivity contribution in [3.05, 3.63) is 109 Å². The van der Waals surface area contributed by atoms with Crippen LogP contribution in [0.25, 0.3) is 0 Å². The second-order valence-electron chi connectivity index (χ2n) is 5.19. The number of rotatable bonds is 0. The van der Waals surface area contributed by atoms with Crippen molar-refractivity contribution in [2.75, 3.05) is 0 Å². The maximum atomic E-state index is 2.25. The van der Waals surface area contributed by atoms with E-state index in [4.69, 9.17) is 0 Å². The molecule has 0 saturated heterocycles. The Hall–Kier alpha value is -2.34. The van der Waals surface area contributed by atoms with Crippen LogP contribution in [0.2, 0.25) is 0 Å². The molecule has 0 aromatic rings. The van der Waals surface area contributed by atoms with Crippen molar-refractivity contribution in [2.24, 2.45) is 0 Å². The molecule has 23 heavy (non-hydrogen) atoms. The quantitative estimate of drug-likeness (QED) is 0.454. The van der Waals surface area contributed by atoms with Crippen LogP contribution in [0.3, 0.4) is 0 Å². The first-order valence-corrected chi connectivity index (χ1v) is 8.48. The molecule has 1 aliphatic carbocycles. The molecule has 120 valence electrons. The van der Waals surface area contributed by atoms with Crippen LogP contribution < -0.4 is 0 Å². The Morgan fingerprint density at radius 2 is 0.522 bits per heavy atom. The van der Waals surface area contributed by atoms with Gasteiger partial charge in [0.1, 0.15) is 0 Å². The van der Waals surface area contributed by atoms with E-state index in [0.29, 0.717) is 0 Å². The van der Waals surface area contributed by atoms with Crippen LogP contribution in [-0.4, -0.2) is 0 Å². The van der Waals surface area contributed by atoms with Crippen molar-refractivity contribution < 1.29 is 0 Å². The van der Waals surface area contributed by atoms with Gasteiger partial charge >= 0.3 is 0 Å². The molecule has 0 heteroatoms. The Kier molecular flexibility index (Phi) is 13.0. The van der Waals surface area contributed by atoms with E-state index in [1.807, 2.05) is 60.8 Å². The topological polar surface area (TPSA) is 0 Å². The molecule has 0 nitrogen and oxygen atoms in total. The third kappa shape index (κ3) is 14.4. The Labute approximate surface area is 142 Å². The minimum Gasteiger partial charge on any atom is -0.0845 e. The lowest BCUT2D eigenvalue weighted by molar-refractivity contribution is 0.696. The zero-order valence-corrected chi connectivity index (χ0v) is 13.9. The van der Waals surface area contributed by atoms with E-state index in [-0.39, 0.29) is 0 Å². The molecule has 0 heterocycles. The van der Waals surface area contributed by atoms with Gasteiger partial charge in [-0.1, -0.05) is 116 Å². The van der Waals surface area contributed by atoms with Gasteiger partial charge in [0.2, 0.25) is 0 Å². The van der Waals surface area contributed by atoms with E-state index >= 15 is 0 Å². The predicted molar refractivity (Wildman–Crippen MR) is 105 cm³/mol. The summed E-state index contributed by atoms with van der Waals surface area (Å²) in [6.07, 6.45) is 43.5. The average Bonchev–Trinajstić information content (AvgIpc) is 2.56. The first-order valence-electron chi connectivity index (χ1n) is 8.48. The number of allylic oxidation sites excluding steroid dienone is 18. The van der Waals surface area contributed by atoms with E-state index in [0.717, 1.165) is 0 Å². The van der Waals surface area contributed by atoms with Crippen LogP contribution in [0.4, 0.5) is 0 Å². The van der Waals surface area contributed by atoms with Crippen molar-refractivity contribution in [3.63, 3.8) is 0 Å². The average molecular weight is 304 g/mol. The summed E-state index contributed by atoms with van der Waals surface area (Å²) in [6.45, 7) is 0. The van der Waals surface area contributed by atoms with Gasteiger partial charge in [0.25, 0.3) is 0 Å². The van der Waals surface area contributed by atoms with Crippen molar-refractivity contribution in [1.82, 2.24) is 0 Å². The summed E-state index contributed by atoms with van der Waals surface area (Å²) in [5.74, 6) is 0. The molecule has 0 fully saturated rings. The van der Waals surface area contributed by atoms with E-state index in [2.05, 4.69) is 48.6 Å². The highest BCUT2D eigenvalue weighted by Crippen LogP contribution is 2.04. The summed E-state index contributed by atoms with van der Waals surface area (Å²) in [5, 5.41) is 0. The molecule has 0 aromatic carbocycles. The van der Waals surface area contributed by atoms with Crippen molar-refractivity contribution in [3.8, 4) is 0 Å². The van der Waals surface area contributed by atoms with Gasteiger partial charge in [0.15, 0.2) is 0 Å². The fourth-order valence-electron chi connectivity index (χ4n) is 1.95. The minimum atomic E-state index is 1.17. The van der Waals surface area contributed by atoms with Gasteiger partial charge in [-0.2, -0.15) is 0 Å². The van der Waals surface area contributed by atoms with Crippen molar-refractivity contribution in [1.29, 1.82) is 0 Å². The van der Waals surface area contributed by atoms with Crippen LogP contribution in [0, 0.1) is 0 Å². The molecule has 0 bridgehead atoms. The van der Waals surface area contributed by atoms with E-state index in [9.17, 15) is 0 Å². The summed E-state index contributed by atoms with van der Waals surface area (Å²) in [4.78, 5) is 0. The molecule has 0 unspecified atom stereocenters. The molecule has 0 atom stereocenters. The molecule has 0 spiro atoms. The molecule has 0 aliphatic heterocycles. The fourth-order valence-corrected chi connectivity index (χ4v) is 1.95. The lowest BCUT2D eigenvalue weighted by atomic mass is 10.1. The summed E-state index contributed by atoms with van der Waals surface area (Å²) in [5.41, 5.74) is 0. The smallest absolute Gasteiger partial charge is 0.0348 e. The van der Waals surface area contributed by atoms with Crippen LogP contribution >= 0.6 is 0 Å². The van der Waals surface area contributed by atoms with Gasteiger partial charge in [-0.25, -0.2) is 0 Å². The summed E-state index contributed by atoms with van der Waals surface area (Å²) in [6, 6.07) is 0. The summed E-state index contributed by atoms with van der Waals surface area (Å²) < 4.78 is 0. The SMILES string of the molecule is C1=CCCCCC\C=C/C=C\C=C/C=C\C=C/C=C\C=C/C=C\1. The normalized spacial score (nSPS) is 28.9. The summed E-state index contributed by atoms with van der Waals surface area (Å²) in [7, 11) is 0. The third-order valence-corrected chi connectivity index (χ3v) is 3.18. The number of hydrogen-bond acceptors (Lipinski definition) is 0. The van der Waals surface area contributed by atoms with Crippen LogP contribution in [0.15, 0.2) is 109 Å². The van der Waals surface area contributed by atoms with E-state index in [1.54, 1.807) is 0 Å². The zero-order chi connectivity index (χ0) is 16.3. The highest BCUT2D eigenvalue weighted by Gasteiger charge is 1.84. The molecule has 1 aliphatic rings. The second-order valence-corrected chi connectivity index (χ2v) is 5.19. The van der Waals surface area contributed by atoms with E-state index < -0.39 is 0 Å². The molecule has 1 rings (SSSR count). The maximum Gasteiger partial charge on any atom is -0.0348 e. The van der Waals surface area contributed by atoms with Crippen LogP contribution in [-0.2, 0) is 0 Å². The van der Waals surface area contributed by atoms with Crippen molar-refractivity contribution >= 4 is 0 Å². The largest absolute Gasteiger partial charge is 0.0845 e. The molecule has 0 saturated carbocycles. The molecule has 0 N–H and O–H groups in total. The molecule has 0 amide bonds. The Bertz CT molecular complexity index is 480. The van der Waals surface area contributed by atoms with Crippen LogP contribution in [0.5, 0.6) is 0 Å². The van der Waals surface area contributed by atoms with Crippen LogP contribution in [0.1, 0.15) is 32.1 Å². The molecule has 0 radical (unpaired) electrons. The van der Waals surface area contributed by atoms with Gasteiger partial charge in [-0.15, -0.1) is 0 Å². The maximum absolute atomic E-state index is 2.25. The molecular weight excluding hydrogens is 276 g/mol. The van der Waals surface area contributed by atoms with Gasteiger partial charge in [-0.05, 0) is 25.7 Å². The lowest BCUT2D eigenvalue weighted by Crippen LogP contribution is -1.74. The lowest BCUT2D eigenvalue weighted by Gasteiger charge is -1.94. The fraction of sp³-hybridized carbons (Fsp3) is 0.217. The Balaban J connectivity index is 2.50. The number of hydrogen-bond donors (Lipinski definition) is 0.